The van der Waals surface area contributed by atoms with Gasteiger partial charge in [0.15, 0.2) is 0 Å². The highest BCUT2D eigenvalue weighted by Gasteiger charge is 2.19. The van der Waals surface area contributed by atoms with E-state index in [1.165, 1.54) is 13.2 Å². The molecule has 0 amide bonds. The maximum Gasteiger partial charge on any atom is 0.244 e. The number of H-pyrrole nitrogens is 1. The lowest BCUT2D eigenvalue weighted by Crippen LogP contribution is -2.24. The van der Waals surface area contributed by atoms with Gasteiger partial charge in [-0.3, -0.25) is 0 Å². The summed E-state index contributed by atoms with van der Waals surface area (Å²) in [6, 6.07) is 4.99. The molecule has 1 aromatic heterocycles. The van der Waals surface area contributed by atoms with Crippen LogP contribution >= 0.6 is 0 Å². The lowest BCUT2D eigenvalue weighted by Gasteiger charge is -2.11. The molecular weight excluding hydrogens is 292 g/mol. The molecule has 21 heavy (non-hydrogen) atoms. The molecule has 0 saturated heterocycles. The smallest absolute Gasteiger partial charge is 0.244 e. The molecule has 0 bridgehead atoms. The Morgan fingerprint density at radius 2 is 2.14 bits per heavy atom. The Morgan fingerprint density at radius 3 is 2.76 bits per heavy atom. The largest absolute Gasteiger partial charge is 0.495 e. The number of ether oxygens (including phenoxy) is 1. The van der Waals surface area contributed by atoms with Gasteiger partial charge >= 0.3 is 0 Å². The van der Waals surface area contributed by atoms with Crippen LogP contribution < -0.4 is 14.8 Å². The highest BCUT2D eigenvalue weighted by molar-refractivity contribution is 7.89. The Labute approximate surface area is 123 Å². The zero-order valence-electron chi connectivity index (χ0n) is 11.9. The first-order valence-corrected chi connectivity index (χ1v) is 7.84. The summed E-state index contributed by atoms with van der Waals surface area (Å²) in [6.45, 7) is 0.729. The van der Waals surface area contributed by atoms with Gasteiger partial charge in [-0.15, -0.1) is 0 Å². The zero-order valence-corrected chi connectivity index (χ0v) is 12.7. The van der Waals surface area contributed by atoms with Crippen LogP contribution in [0.3, 0.4) is 0 Å². The first-order valence-electron chi connectivity index (χ1n) is 6.36. The molecule has 3 N–H and O–H groups in total. The molecule has 0 radical (unpaired) electrons. The minimum Gasteiger partial charge on any atom is -0.495 e. The zero-order chi connectivity index (χ0) is 15.3. The van der Waals surface area contributed by atoms with Crippen LogP contribution in [0.25, 0.3) is 0 Å². The van der Waals surface area contributed by atoms with Crippen LogP contribution in [0.15, 0.2) is 35.5 Å². The van der Waals surface area contributed by atoms with E-state index in [2.05, 4.69) is 20.0 Å². The molecule has 1 aromatic carbocycles. The first-order chi connectivity index (χ1) is 10.1. The summed E-state index contributed by atoms with van der Waals surface area (Å²) in [4.78, 5) is 6.92. The summed E-state index contributed by atoms with van der Waals surface area (Å²) in [5.41, 5.74) is 0.944. The molecule has 0 aliphatic rings. The molecule has 2 aromatic rings. The molecule has 0 fully saturated rings. The van der Waals surface area contributed by atoms with E-state index in [0.717, 1.165) is 5.56 Å². The molecule has 0 saturated carbocycles. The number of benzene rings is 1. The van der Waals surface area contributed by atoms with Crippen LogP contribution in [0.2, 0.25) is 0 Å². The number of hydrogen-bond acceptors (Lipinski definition) is 5. The summed E-state index contributed by atoms with van der Waals surface area (Å²) in [6.07, 6.45) is 3.20. The number of aromatic amines is 1. The van der Waals surface area contributed by atoms with Gasteiger partial charge in [-0.2, -0.15) is 0 Å². The second-order valence-corrected chi connectivity index (χ2v) is 6.11. The fourth-order valence-corrected chi connectivity index (χ4v) is 3.02. The van der Waals surface area contributed by atoms with Gasteiger partial charge in [0.25, 0.3) is 0 Å². The fourth-order valence-electron chi connectivity index (χ4n) is 1.88. The maximum atomic E-state index is 12.3. The molecule has 7 nitrogen and oxygen atoms in total. The van der Waals surface area contributed by atoms with Crippen molar-refractivity contribution >= 4 is 10.0 Å². The van der Waals surface area contributed by atoms with E-state index in [9.17, 15) is 8.42 Å². The molecule has 0 atom stereocenters. The summed E-state index contributed by atoms with van der Waals surface area (Å²) in [5, 5.41) is 3.00. The summed E-state index contributed by atoms with van der Waals surface area (Å²) < 4.78 is 32.3. The Hall–Kier alpha value is -1.90. The van der Waals surface area contributed by atoms with Crippen molar-refractivity contribution in [2.45, 2.75) is 18.0 Å². The normalized spacial score (nSPS) is 11.5. The number of rotatable bonds is 7. The Morgan fingerprint density at radius 1 is 1.33 bits per heavy atom. The van der Waals surface area contributed by atoms with Gasteiger partial charge in [0.05, 0.1) is 13.7 Å². The maximum absolute atomic E-state index is 12.3. The van der Waals surface area contributed by atoms with Gasteiger partial charge in [0.1, 0.15) is 16.5 Å². The number of hydrogen-bond donors (Lipinski definition) is 3. The molecular formula is C13H18N4O3S. The first kappa shape index (κ1) is 15.5. The number of sulfonamides is 1. The van der Waals surface area contributed by atoms with Crippen LogP contribution in [-0.2, 0) is 23.1 Å². The highest BCUT2D eigenvalue weighted by atomic mass is 32.2. The molecule has 2 rings (SSSR count). The van der Waals surface area contributed by atoms with Crippen molar-refractivity contribution in [3.05, 3.63) is 42.0 Å². The Balaban J connectivity index is 2.22. The van der Waals surface area contributed by atoms with Crippen molar-refractivity contribution in [3.63, 3.8) is 0 Å². The van der Waals surface area contributed by atoms with Crippen molar-refractivity contribution in [1.29, 1.82) is 0 Å². The lowest BCUT2D eigenvalue weighted by molar-refractivity contribution is 0.401. The molecule has 0 aliphatic heterocycles. The average Bonchev–Trinajstić information content (AvgIpc) is 2.98. The van der Waals surface area contributed by atoms with Crippen LogP contribution in [0, 0.1) is 0 Å². The van der Waals surface area contributed by atoms with Gasteiger partial charge in [-0.1, -0.05) is 6.07 Å². The monoisotopic (exact) mass is 310 g/mol. The third kappa shape index (κ3) is 3.81. The summed E-state index contributed by atoms with van der Waals surface area (Å²) >= 11 is 0. The van der Waals surface area contributed by atoms with Gasteiger partial charge in [-0.05, 0) is 24.7 Å². The lowest BCUT2D eigenvalue weighted by atomic mass is 10.2. The van der Waals surface area contributed by atoms with E-state index in [0.29, 0.717) is 18.1 Å². The number of imidazole rings is 1. The van der Waals surface area contributed by atoms with E-state index >= 15 is 0 Å². The quantitative estimate of drug-likeness (QED) is 0.696. The van der Waals surface area contributed by atoms with Crippen molar-refractivity contribution < 1.29 is 13.2 Å². The number of methoxy groups -OCH3 is 1. The van der Waals surface area contributed by atoms with E-state index in [1.54, 1.807) is 24.5 Å². The molecule has 8 heteroatoms. The van der Waals surface area contributed by atoms with Crippen LogP contribution in [0.1, 0.15) is 11.4 Å². The van der Waals surface area contributed by atoms with Gasteiger partial charge in [-0.25, -0.2) is 18.1 Å². The van der Waals surface area contributed by atoms with Gasteiger partial charge in [0.2, 0.25) is 10.0 Å². The van der Waals surface area contributed by atoms with Crippen LogP contribution in [0.5, 0.6) is 5.75 Å². The molecule has 0 aliphatic carbocycles. The van der Waals surface area contributed by atoms with E-state index in [4.69, 9.17) is 4.74 Å². The van der Waals surface area contributed by atoms with Crippen molar-refractivity contribution in [3.8, 4) is 5.75 Å². The molecule has 0 spiro atoms. The third-order valence-corrected chi connectivity index (χ3v) is 4.32. The molecule has 1 heterocycles. The topological polar surface area (TPSA) is 96.1 Å². The summed E-state index contributed by atoms with van der Waals surface area (Å²) in [7, 11) is -0.396. The predicted molar refractivity (Wildman–Crippen MR) is 78.4 cm³/mol. The average molecular weight is 310 g/mol. The van der Waals surface area contributed by atoms with E-state index < -0.39 is 10.0 Å². The van der Waals surface area contributed by atoms with Crippen molar-refractivity contribution in [2.24, 2.45) is 0 Å². The minimum absolute atomic E-state index is 0.0940. The number of nitrogens with zero attached hydrogens (tertiary/aromatic N) is 1. The standard InChI is InChI=1S/C13H18N4O3S/c1-14-8-10-3-4-12(11(7-10)20-2)21(18,19)17-9-13-15-5-6-16-13/h3-7,14,17H,8-9H2,1-2H3,(H,15,16). The fraction of sp³-hybridized carbons (Fsp3) is 0.308. The van der Waals surface area contributed by atoms with Gasteiger partial charge < -0.3 is 15.0 Å². The number of aromatic nitrogens is 2. The van der Waals surface area contributed by atoms with Crippen LogP contribution in [0.4, 0.5) is 0 Å². The van der Waals surface area contributed by atoms with Crippen molar-refractivity contribution in [1.82, 2.24) is 20.0 Å². The van der Waals surface area contributed by atoms with Crippen LogP contribution in [-0.4, -0.2) is 32.5 Å². The number of nitrogens with one attached hydrogen (secondary N) is 3. The highest BCUT2D eigenvalue weighted by Crippen LogP contribution is 2.25. The Bertz CT molecular complexity index is 683. The molecule has 114 valence electrons. The SMILES string of the molecule is CNCc1ccc(S(=O)(=O)NCc2ncc[nH]2)c(OC)c1. The minimum atomic E-state index is -3.67. The second kappa shape index (κ2) is 6.70. The molecule has 0 unspecified atom stereocenters. The van der Waals surface area contributed by atoms with E-state index in [-0.39, 0.29) is 11.4 Å². The predicted octanol–water partition coefficient (Wildman–Crippen LogP) is 0.616. The Kier molecular flexibility index (Phi) is 4.94. The second-order valence-electron chi connectivity index (χ2n) is 4.38. The third-order valence-electron chi connectivity index (χ3n) is 2.88. The van der Waals surface area contributed by atoms with E-state index in [1.807, 2.05) is 7.05 Å². The van der Waals surface area contributed by atoms with Gasteiger partial charge in [0, 0.05) is 18.9 Å². The summed E-state index contributed by atoms with van der Waals surface area (Å²) in [5.74, 6) is 0.860. The van der Waals surface area contributed by atoms with Crippen molar-refractivity contribution in [2.75, 3.05) is 14.2 Å².